The molecule has 0 aliphatic rings. The van der Waals surface area contributed by atoms with Gasteiger partial charge in [-0.1, -0.05) is 45.0 Å². The minimum Gasteiger partial charge on any atom is -0.356 e. The summed E-state index contributed by atoms with van der Waals surface area (Å²) in [7, 11) is 0. The van der Waals surface area contributed by atoms with E-state index >= 15 is 0 Å². The van der Waals surface area contributed by atoms with E-state index in [2.05, 4.69) is 36.7 Å². The van der Waals surface area contributed by atoms with Gasteiger partial charge in [-0.2, -0.15) is 0 Å². The van der Waals surface area contributed by atoms with E-state index in [1.807, 2.05) is 36.4 Å². The molecular weight excluding hydrogens is 378 g/mol. The smallest absolute Gasteiger partial charge is 0.251 e. The number of amides is 3. The zero-order valence-electron chi connectivity index (χ0n) is 18.2. The molecule has 0 aliphatic heterocycles. The summed E-state index contributed by atoms with van der Waals surface area (Å²) in [6.45, 7) is 9.29. The molecule has 0 unspecified atom stereocenters. The van der Waals surface area contributed by atoms with Crippen molar-refractivity contribution in [1.29, 1.82) is 0 Å². The SMILES string of the molecule is CC(=O)NCCCNC(=O)c1ccc(CNC(=O)c2ccc(C(C)(C)C)cc2)cc1. The molecule has 2 rings (SSSR count). The van der Waals surface area contributed by atoms with Crippen LogP contribution in [0.5, 0.6) is 0 Å². The summed E-state index contributed by atoms with van der Waals surface area (Å²) >= 11 is 0. The van der Waals surface area contributed by atoms with Crippen LogP contribution in [0.2, 0.25) is 0 Å². The molecule has 2 aromatic rings. The molecule has 0 aromatic heterocycles. The lowest BCUT2D eigenvalue weighted by Crippen LogP contribution is -2.28. The summed E-state index contributed by atoms with van der Waals surface area (Å²) in [6.07, 6.45) is 0.673. The monoisotopic (exact) mass is 409 g/mol. The lowest BCUT2D eigenvalue weighted by Gasteiger charge is -2.19. The molecule has 0 heterocycles. The molecule has 0 atom stereocenters. The van der Waals surface area contributed by atoms with Crippen molar-refractivity contribution in [2.24, 2.45) is 0 Å². The van der Waals surface area contributed by atoms with Gasteiger partial charge in [0, 0.05) is 37.7 Å². The van der Waals surface area contributed by atoms with Crippen molar-refractivity contribution in [3.05, 3.63) is 70.8 Å². The van der Waals surface area contributed by atoms with Gasteiger partial charge in [-0.05, 0) is 47.2 Å². The second-order valence-corrected chi connectivity index (χ2v) is 8.30. The number of hydrogen-bond donors (Lipinski definition) is 3. The third kappa shape index (κ3) is 7.35. The molecule has 6 heteroatoms. The van der Waals surface area contributed by atoms with Crippen LogP contribution in [0.3, 0.4) is 0 Å². The maximum absolute atomic E-state index is 12.4. The molecule has 0 spiro atoms. The Bertz CT molecular complexity index is 866. The number of carbonyl (C=O) groups excluding carboxylic acids is 3. The zero-order valence-corrected chi connectivity index (χ0v) is 18.2. The standard InChI is InChI=1S/C24H31N3O3/c1-17(28)25-14-5-15-26-22(29)19-8-6-18(7-9-19)16-27-23(30)20-10-12-21(13-11-20)24(2,3)4/h6-13H,5,14-16H2,1-4H3,(H,25,28)(H,26,29)(H,27,30). The fraction of sp³-hybridized carbons (Fsp3) is 0.375. The predicted molar refractivity (Wildman–Crippen MR) is 118 cm³/mol. The molecule has 3 N–H and O–H groups in total. The van der Waals surface area contributed by atoms with Crippen molar-refractivity contribution in [2.45, 2.75) is 46.1 Å². The highest BCUT2D eigenvalue weighted by atomic mass is 16.2. The third-order valence-electron chi connectivity index (χ3n) is 4.70. The molecule has 0 bridgehead atoms. The summed E-state index contributed by atoms with van der Waals surface area (Å²) in [5, 5.41) is 8.41. The summed E-state index contributed by atoms with van der Waals surface area (Å²) in [6, 6.07) is 14.8. The van der Waals surface area contributed by atoms with Gasteiger partial charge in [-0.25, -0.2) is 0 Å². The van der Waals surface area contributed by atoms with Crippen molar-refractivity contribution in [1.82, 2.24) is 16.0 Å². The van der Waals surface area contributed by atoms with Crippen molar-refractivity contribution in [3.8, 4) is 0 Å². The summed E-state index contributed by atoms with van der Waals surface area (Å²) in [4.78, 5) is 35.3. The first-order valence-corrected chi connectivity index (χ1v) is 10.2. The molecule has 0 saturated carbocycles. The van der Waals surface area contributed by atoms with Crippen molar-refractivity contribution in [3.63, 3.8) is 0 Å². The van der Waals surface area contributed by atoms with Crippen LogP contribution in [0.25, 0.3) is 0 Å². The lowest BCUT2D eigenvalue weighted by molar-refractivity contribution is -0.118. The number of benzene rings is 2. The molecule has 2 aromatic carbocycles. The van der Waals surface area contributed by atoms with Crippen LogP contribution < -0.4 is 16.0 Å². The van der Waals surface area contributed by atoms with Gasteiger partial charge in [0.15, 0.2) is 0 Å². The topological polar surface area (TPSA) is 87.3 Å². The summed E-state index contributed by atoms with van der Waals surface area (Å²) in [5.41, 5.74) is 3.33. The maximum Gasteiger partial charge on any atom is 0.251 e. The molecule has 160 valence electrons. The minimum absolute atomic E-state index is 0.0501. The number of rotatable bonds is 8. The van der Waals surface area contributed by atoms with Crippen LogP contribution in [0.4, 0.5) is 0 Å². The molecule has 0 fully saturated rings. The van der Waals surface area contributed by atoms with Gasteiger partial charge >= 0.3 is 0 Å². The van der Waals surface area contributed by atoms with Gasteiger partial charge in [0.2, 0.25) is 5.91 Å². The molecule has 30 heavy (non-hydrogen) atoms. The van der Waals surface area contributed by atoms with Gasteiger partial charge in [-0.15, -0.1) is 0 Å². The zero-order chi connectivity index (χ0) is 22.1. The van der Waals surface area contributed by atoms with E-state index < -0.39 is 0 Å². The number of carbonyl (C=O) groups is 3. The predicted octanol–water partition coefficient (Wildman–Crippen LogP) is 3.17. The first-order chi connectivity index (χ1) is 14.2. The van der Waals surface area contributed by atoms with Crippen LogP contribution in [0.15, 0.2) is 48.5 Å². The Balaban J connectivity index is 1.80. The molecule has 3 amide bonds. The minimum atomic E-state index is -0.160. The van der Waals surface area contributed by atoms with E-state index in [1.165, 1.54) is 12.5 Å². The van der Waals surface area contributed by atoms with Crippen molar-refractivity contribution in [2.75, 3.05) is 13.1 Å². The van der Waals surface area contributed by atoms with E-state index in [9.17, 15) is 14.4 Å². The first-order valence-electron chi connectivity index (χ1n) is 10.2. The normalized spacial score (nSPS) is 10.9. The molecular formula is C24H31N3O3. The van der Waals surface area contributed by atoms with Gasteiger partial charge < -0.3 is 16.0 Å². The largest absolute Gasteiger partial charge is 0.356 e. The summed E-state index contributed by atoms with van der Waals surface area (Å²) < 4.78 is 0. The Kier molecular flexibility index (Phi) is 8.16. The Morgan fingerprint density at radius 1 is 0.733 bits per heavy atom. The quantitative estimate of drug-likeness (QED) is 0.585. The van der Waals surface area contributed by atoms with Crippen LogP contribution in [-0.4, -0.2) is 30.8 Å². The highest BCUT2D eigenvalue weighted by Gasteiger charge is 2.14. The van der Waals surface area contributed by atoms with E-state index in [-0.39, 0.29) is 23.1 Å². The molecule has 0 radical (unpaired) electrons. The van der Waals surface area contributed by atoms with Crippen LogP contribution in [-0.2, 0) is 16.8 Å². The second kappa shape index (κ2) is 10.6. The van der Waals surface area contributed by atoms with Crippen LogP contribution in [0.1, 0.15) is 66.0 Å². The highest BCUT2D eigenvalue weighted by Crippen LogP contribution is 2.22. The Hall–Kier alpha value is -3.15. The average molecular weight is 410 g/mol. The molecule has 0 saturated heterocycles. The van der Waals surface area contributed by atoms with E-state index in [0.29, 0.717) is 37.2 Å². The van der Waals surface area contributed by atoms with Gasteiger partial charge in [0.1, 0.15) is 0 Å². The second-order valence-electron chi connectivity index (χ2n) is 8.30. The van der Waals surface area contributed by atoms with Crippen LogP contribution >= 0.6 is 0 Å². The number of hydrogen-bond acceptors (Lipinski definition) is 3. The van der Waals surface area contributed by atoms with Gasteiger partial charge in [0.05, 0.1) is 0 Å². The first kappa shape index (κ1) is 23.1. The lowest BCUT2D eigenvalue weighted by atomic mass is 9.87. The maximum atomic E-state index is 12.4. The highest BCUT2D eigenvalue weighted by molar-refractivity contribution is 5.95. The third-order valence-corrected chi connectivity index (χ3v) is 4.70. The van der Waals surface area contributed by atoms with Crippen LogP contribution in [0, 0.1) is 0 Å². The fourth-order valence-electron chi connectivity index (χ4n) is 2.84. The average Bonchev–Trinajstić information content (AvgIpc) is 2.71. The number of nitrogens with one attached hydrogen (secondary N) is 3. The van der Waals surface area contributed by atoms with E-state index in [4.69, 9.17) is 0 Å². The van der Waals surface area contributed by atoms with Crippen molar-refractivity contribution >= 4 is 17.7 Å². The van der Waals surface area contributed by atoms with Crippen molar-refractivity contribution < 1.29 is 14.4 Å². The molecule has 0 aliphatic carbocycles. The van der Waals surface area contributed by atoms with Gasteiger partial charge in [-0.3, -0.25) is 14.4 Å². The fourth-order valence-corrected chi connectivity index (χ4v) is 2.84. The van der Waals surface area contributed by atoms with Gasteiger partial charge in [0.25, 0.3) is 11.8 Å². The van der Waals surface area contributed by atoms with E-state index in [1.54, 1.807) is 12.1 Å². The Morgan fingerprint density at radius 2 is 1.23 bits per heavy atom. The summed E-state index contributed by atoms with van der Waals surface area (Å²) in [5.74, 6) is -0.366. The Labute approximate surface area is 178 Å². The molecule has 6 nitrogen and oxygen atoms in total. The Morgan fingerprint density at radius 3 is 1.77 bits per heavy atom. The van der Waals surface area contributed by atoms with E-state index in [0.717, 1.165) is 5.56 Å².